The smallest absolute Gasteiger partial charge is 0.141 e. The van der Waals surface area contributed by atoms with Crippen LogP contribution in [0.2, 0.25) is 0 Å². The van der Waals surface area contributed by atoms with E-state index in [1.165, 1.54) is 44.7 Å². The molecule has 2 heterocycles. The molecule has 0 spiro atoms. The molecule has 0 amide bonds. The highest BCUT2D eigenvalue weighted by atomic mass is 19.1. The zero-order valence-electron chi connectivity index (χ0n) is 11.7. The van der Waals surface area contributed by atoms with Crippen LogP contribution in [-0.4, -0.2) is 36.1 Å². The van der Waals surface area contributed by atoms with E-state index in [1.807, 2.05) is 0 Å². The van der Waals surface area contributed by atoms with Gasteiger partial charge in [-0.1, -0.05) is 6.92 Å². The molecule has 2 rings (SSSR count). The highest BCUT2D eigenvalue weighted by molar-refractivity contribution is 5.09. The number of aromatic nitrogens is 1. The topological polar surface area (TPSA) is 28.2 Å². The van der Waals surface area contributed by atoms with Gasteiger partial charge in [-0.15, -0.1) is 0 Å². The molecule has 1 aromatic rings. The van der Waals surface area contributed by atoms with Crippen molar-refractivity contribution in [2.75, 3.05) is 26.2 Å². The van der Waals surface area contributed by atoms with Gasteiger partial charge < -0.3 is 10.2 Å². The minimum absolute atomic E-state index is 0.235. The summed E-state index contributed by atoms with van der Waals surface area (Å²) in [6, 6.07) is 3.49. The lowest BCUT2D eigenvalue weighted by Gasteiger charge is -2.18. The Morgan fingerprint density at radius 2 is 2.16 bits per heavy atom. The molecule has 0 radical (unpaired) electrons. The van der Waals surface area contributed by atoms with E-state index in [0.29, 0.717) is 0 Å². The largest absolute Gasteiger partial charge is 0.309 e. The lowest BCUT2D eigenvalue weighted by atomic mass is 10.1. The maximum Gasteiger partial charge on any atom is 0.141 e. The highest BCUT2D eigenvalue weighted by Crippen LogP contribution is 2.14. The number of nitrogens with zero attached hydrogens (tertiary/aromatic N) is 2. The lowest BCUT2D eigenvalue weighted by molar-refractivity contribution is 0.326. The average Bonchev–Trinajstić information content (AvgIpc) is 2.93. The number of halogens is 1. The molecular weight excluding hydrogens is 241 g/mol. The van der Waals surface area contributed by atoms with Crippen molar-refractivity contribution in [2.24, 2.45) is 0 Å². The summed E-state index contributed by atoms with van der Waals surface area (Å²) in [6.45, 7) is 6.82. The van der Waals surface area contributed by atoms with E-state index in [-0.39, 0.29) is 11.9 Å². The monoisotopic (exact) mass is 265 g/mol. The van der Waals surface area contributed by atoms with Crippen LogP contribution < -0.4 is 5.32 Å². The Labute approximate surface area is 115 Å². The predicted molar refractivity (Wildman–Crippen MR) is 75.5 cm³/mol. The summed E-state index contributed by atoms with van der Waals surface area (Å²) in [5, 5.41) is 3.52. The molecule has 1 aliphatic rings. The van der Waals surface area contributed by atoms with Crippen molar-refractivity contribution in [3.63, 3.8) is 0 Å². The van der Waals surface area contributed by atoms with Gasteiger partial charge in [0.25, 0.3) is 0 Å². The third kappa shape index (κ3) is 4.55. The van der Waals surface area contributed by atoms with Crippen molar-refractivity contribution in [1.82, 2.24) is 15.2 Å². The Bertz CT molecular complexity index is 360. The molecule has 19 heavy (non-hydrogen) atoms. The molecular formula is C15H24FN3. The molecule has 1 N–H and O–H groups in total. The van der Waals surface area contributed by atoms with Crippen LogP contribution >= 0.6 is 0 Å². The summed E-state index contributed by atoms with van der Waals surface area (Å²) >= 11 is 0. The summed E-state index contributed by atoms with van der Waals surface area (Å²) in [5.74, 6) is -0.271. The van der Waals surface area contributed by atoms with Gasteiger partial charge in [-0.05, 0) is 64.0 Å². The first-order valence-electron chi connectivity index (χ1n) is 7.37. The van der Waals surface area contributed by atoms with E-state index in [1.54, 1.807) is 6.07 Å². The van der Waals surface area contributed by atoms with E-state index in [0.717, 1.165) is 25.1 Å². The van der Waals surface area contributed by atoms with Gasteiger partial charge >= 0.3 is 0 Å². The SMILES string of the molecule is CCC(NCCCN1CCCC1)c1ccc(F)cn1. The molecule has 0 bridgehead atoms. The number of hydrogen-bond acceptors (Lipinski definition) is 3. The second-order valence-corrected chi connectivity index (χ2v) is 5.22. The van der Waals surface area contributed by atoms with Crippen molar-refractivity contribution in [2.45, 2.75) is 38.6 Å². The number of hydrogen-bond donors (Lipinski definition) is 1. The molecule has 1 fully saturated rings. The fraction of sp³-hybridized carbons (Fsp3) is 0.667. The zero-order valence-corrected chi connectivity index (χ0v) is 11.7. The van der Waals surface area contributed by atoms with Crippen LogP contribution in [0.5, 0.6) is 0 Å². The summed E-state index contributed by atoms with van der Waals surface area (Å²) < 4.78 is 12.8. The quantitative estimate of drug-likeness (QED) is 0.768. The Balaban J connectivity index is 1.71. The van der Waals surface area contributed by atoms with Gasteiger partial charge in [0.05, 0.1) is 11.9 Å². The molecule has 1 unspecified atom stereocenters. The summed E-state index contributed by atoms with van der Waals surface area (Å²) in [7, 11) is 0. The minimum Gasteiger partial charge on any atom is -0.309 e. The zero-order chi connectivity index (χ0) is 13.5. The number of nitrogens with one attached hydrogen (secondary N) is 1. The van der Waals surface area contributed by atoms with Crippen molar-refractivity contribution in [1.29, 1.82) is 0 Å². The Morgan fingerprint density at radius 1 is 1.37 bits per heavy atom. The summed E-state index contributed by atoms with van der Waals surface area (Å²) in [6.07, 6.45) is 6.14. The highest BCUT2D eigenvalue weighted by Gasteiger charge is 2.12. The molecule has 0 saturated carbocycles. The second kappa shape index (κ2) is 7.56. The maximum atomic E-state index is 12.8. The van der Waals surface area contributed by atoms with Crippen LogP contribution in [0.4, 0.5) is 4.39 Å². The molecule has 0 aliphatic carbocycles. The molecule has 1 aromatic heterocycles. The van der Waals surface area contributed by atoms with Crippen LogP contribution in [-0.2, 0) is 0 Å². The third-order valence-corrected chi connectivity index (χ3v) is 3.76. The van der Waals surface area contributed by atoms with Gasteiger partial charge in [0.15, 0.2) is 0 Å². The van der Waals surface area contributed by atoms with Crippen LogP contribution in [0.1, 0.15) is 44.3 Å². The normalized spacial score (nSPS) is 17.8. The second-order valence-electron chi connectivity index (χ2n) is 5.22. The minimum atomic E-state index is -0.271. The van der Waals surface area contributed by atoms with Crippen LogP contribution in [0.15, 0.2) is 18.3 Å². The molecule has 106 valence electrons. The summed E-state index contributed by atoms with van der Waals surface area (Å²) in [4.78, 5) is 6.68. The number of pyridine rings is 1. The van der Waals surface area contributed by atoms with Crippen LogP contribution in [0.25, 0.3) is 0 Å². The number of likely N-dealkylation sites (tertiary alicyclic amines) is 1. The van der Waals surface area contributed by atoms with Crippen molar-refractivity contribution in [3.05, 3.63) is 29.8 Å². The van der Waals surface area contributed by atoms with Gasteiger partial charge in [-0.2, -0.15) is 0 Å². The first-order chi connectivity index (χ1) is 9.29. The first-order valence-corrected chi connectivity index (χ1v) is 7.37. The van der Waals surface area contributed by atoms with Crippen LogP contribution in [0, 0.1) is 5.82 Å². The fourth-order valence-electron chi connectivity index (χ4n) is 2.64. The van der Waals surface area contributed by atoms with Crippen molar-refractivity contribution >= 4 is 0 Å². The molecule has 1 saturated heterocycles. The van der Waals surface area contributed by atoms with Crippen LogP contribution in [0.3, 0.4) is 0 Å². The molecule has 1 aliphatic heterocycles. The standard InChI is InChI=1S/C15H24FN3/c1-2-14(15-7-6-13(16)12-18-15)17-8-5-11-19-9-3-4-10-19/h6-7,12,14,17H,2-5,8-11H2,1H3. The molecule has 4 heteroatoms. The van der Waals surface area contributed by atoms with Gasteiger partial charge in [0.2, 0.25) is 0 Å². The van der Waals surface area contributed by atoms with Crippen molar-refractivity contribution < 1.29 is 4.39 Å². The third-order valence-electron chi connectivity index (χ3n) is 3.76. The average molecular weight is 265 g/mol. The predicted octanol–water partition coefficient (Wildman–Crippen LogP) is 2.75. The van der Waals surface area contributed by atoms with Crippen molar-refractivity contribution in [3.8, 4) is 0 Å². The maximum absolute atomic E-state index is 12.8. The van der Waals surface area contributed by atoms with E-state index in [4.69, 9.17) is 0 Å². The number of rotatable bonds is 7. The van der Waals surface area contributed by atoms with Gasteiger partial charge in [-0.25, -0.2) is 4.39 Å². The van der Waals surface area contributed by atoms with E-state index in [2.05, 4.69) is 22.1 Å². The van der Waals surface area contributed by atoms with Gasteiger partial charge in [0.1, 0.15) is 5.82 Å². The molecule has 0 aromatic carbocycles. The van der Waals surface area contributed by atoms with Gasteiger partial charge in [0, 0.05) is 6.04 Å². The Kier molecular flexibility index (Phi) is 5.73. The van der Waals surface area contributed by atoms with E-state index >= 15 is 0 Å². The Hall–Kier alpha value is -1.00. The van der Waals surface area contributed by atoms with E-state index < -0.39 is 0 Å². The van der Waals surface area contributed by atoms with E-state index in [9.17, 15) is 4.39 Å². The fourth-order valence-corrected chi connectivity index (χ4v) is 2.64. The summed E-state index contributed by atoms with van der Waals surface area (Å²) in [5.41, 5.74) is 0.935. The van der Waals surface area contributed by atoms with Gasteiger partial charge in [-0.3, -0.25) is 4.98 Å². The molecule has 3 nitrogen and oxygen atoms in total. The first kappa shape index (κ1) is 14.4. The molecule has 1 atom stereocenters. The Morgan fingerprint density at radius 3 is 2.79 bits per heavy atom. The lowest BCUT2D eigenvalue weighted by Crippen LogP contribution is -2.27.